The molecule has 0 aliphatic heterocycles. The van der Waals surface area contributed by atoms with Crippen LogP contribution in [0.25, 0.3) is 0 Å². The second-order valence-corrected chi connectivity index (χ2v) is 18.2. The van der Waals surface area contributed by atoms with Crippen molar-refractivity contribution in [1.82, 2.24) is 0 Å². The molecule has 0 aliphatic carbocycles. The van der Waals surface area contributed by atoms with Crippen LogP contribution < -0.4 is 0 Å². The van der Waals surface area contributed by atoms with E-state index in [-0.39, 0.29) is 32.0 Å². The van der Waals surface area contributed by atoms with Crippen molar-refractivity contribution in [2.24, 2.45) is 0 Å². The number of phosphoric acid groups is 1. The van der Waals surface area contributed by atoms with Gasteiger partial charge in [-0.05, 0) is 44.9 Å². The largest absolute Gasteiger partial charge is 0.472 e. The normalized spacial score (nSPS) is 13.9. The summed E-state index contributed by atoms with van der Waals surface area (Å²) in [7, 11) is 1.47. The minimum absolute atomic E-state index is 0.0287. The average molecular weight is 827 g/mol. The topological polar surface area (TPSA) is 108 Å². The number of likely N-dealkylation sites (N-methyl/N-ethyl adjacent to an activating group) is 1. The molecule has 0 saturated carbocycles. The van der Waals surface area contributed by atoms with Crippen LogP contribution in [0, 0.1) is 0 Å². The van der Waals surface area contributed by atoms with Gasteiger partial charge in [-0.1, -0.05) is 179 Å². The van der Waals surface area contributed by atoms with E-state index in [9.17, 15) is 19.0 Å². The van der Waals surface area contributed by atoms with Gasteiger partial charge in [0.05, 0.1) is 27.7 Å². The predicted octanol–water partition coefficient (Wildman–Crippen LogP) is 13.3. The Hall–Kier alpha value is -1.77. The van der Waals surface area contributed by atoms with Gasteiger partial charge in [0.25, 0.3) is 0 Å². The van der Waals surface area contributed by atoms with Gasteiger partial charge in [-0.2, -0.15) is 0 Å². The van der Waals surface area contributed by atoms with Gasteiger partial charge in [0.2, 0.25) is 0 Å². The molecule has 0 aromatic rings. The van der Waals surface area contributed by atoms with Gasteiger partial charge < -0.3 is 18.9 Å². The summed E-state index contributed by atoms with van der Waals surface area (Å²) < 4.78 is 34.3. The Bertz CT molecular complexity index is 1070. The van der Waals surface area contributed by atoms with Gasteiger partial charge >= 0.3 is 19.8 Å². The zero-order valence-corrected chi connectivity index (χ0v) is 38.5. The number of carbonyl (C=O) groups excluding carboxylic acids is 2. The van der Waals surface area contributed by atoms with E-state index >= 15 is 0 Å². The quantitative estimate of drug-likeness (QED) is 0.0213. The molecule has 0 aromatic heterocycles. The molecule has 0 aromatic carbocycles. The highest BCUT2D eigenvalue weighted by Crippen LogP contribution is 2.43. The Morgan fingerprint density at radius 3 is 1.49 bits per heavy atom. The van der Waals surface area contributed by atoms with E-state index in [1.807, 2.05) is 21.1 Å². The van der Waals surface area contributed by atoms with Crippen molar-refractivity contribution in [2.45, 2.75) is 206 Å². The average Bonchev–Trinajstić information content (AvgIpc) is 3.16. The molecule has 0 bridgehead atoms. The van der Waals surface area contributed by atoms with E-state index < -0.39 is 26.5 Å². The smallest absolute Gasteiger partial charge is 0.462 e. The molecular weight excluding hydrogens is 737 g/mol. The minimum Gasteiger partial charge on any atom is -0.462 e. The summed E-state index contributed by atoms with van der Waals surface area (Å²) in [5, 5.41) is 0. The first-order valence-electron chi connectivity index (χ1n) is 23.2. The summed E-state index contributed by atoms with van der Waals surface area (Å²) in [4.78, 5) is 35.4. The Morgan fingerprint density at radius 1 is 0.561 bits per heavy atom. The molecule has 0 heterocycles. The SMILES string of the molecule is CC/C=C/C/C=C/C/C=C/CCCCCCCC(=O)O[C@H](COC(=O)CCCCCCCCCCCCCCCCCCCC)COP(=O)(O)OCC[N+](C)(C)C. The van der Waals surface area contributed by atoms with Gasteiger partial charge in [-0.3, -0.25) is 18.6 Å². The van der Waals surface area contributed by atoms with Crippen LogP contribution in [-0.4, -0.2) is 74.9 Å². The molecule has 0 amide bonds. The molecule has 0 rings (SSSR count). The van der Waals surface area contributed by atoms with Crippen molar-refractivity contribution in [3.63, 3.8) is 0 Å². The van der Waals surface area contributed by atoms with Gasteiger partial charge in [0.15, 0.2) is 6.10 Å². The lowest BCUT2D eigenvalue weighted by molar-refractivity contribution is -0.870. The maximum Gasteiger partial charge on any atom is 0.472 e. The van der Waals surface area contributed by atoms with Crippen LogP contribution in [-0.2, 0) is 32.7 Å². The van der Waals surface area contributed by atoms with E-state index in [2.05, 4.69) is 50.3 Å². The lowest BCUT2D eigenvalue weighted by Gasteiger charge is -2.24. The minimum atomic E-state index is -4.38. The summed E-state index contributed by atoms with van der Waals surface area (Å²) in [6.45, 7) is 4.31. The zero-order valence-electron chi connectivity index (χ0n) is 37.6. The van der Waals surface area contributed by atoms with E-state index in [4.69, 9.17) is 18.5 Å². The van der Waals surface area contributed by atoms with Gasteiger partial charge in [0.1, 0.15) is 19.8 Å². The molecule has 334 valence electrons. The molecule has 1 unspecified atom stereocenters. The van der Waals surface area contributed by atoms with Crippen LogP contribution in [0.15, 0.2) is 36.5 Å². The molecule has 0 saturated heterocycles. The molecule has 0 fully saturated rings. The van der Waals surface area contributed by atoms with Crippen molar-refractivity contribution in [1.29, 1.82) is 0 Å². The number of hydrogen-bond donors (Lipinski definition) is 1. The fourth-order valence-electron chi connectivity index (χ4n) is 6.32. The molecule has 0 spiro atoms. The van der Waals surface area contributed by atoms with Crippen molar-refractivity contribution in [2.75, 3.05) is 47.5 Å². The van der Waals surface area contributed by atoms with Crippen LogP contribution >= 0.6 is 7.82 Å². The van der Waals surface area contributed by atoms with Gasteiger partial charge in [0, 0.05) is 12.8 Å². The van der Waals surface area contributed by atoms with Crippen molar-refractivity contribution in [3.8, 4) is 0 Å². The Balaban J connectivity index is 4.31. The van der Waals surface area contributed by atoms with Gasteiger partial charge in [-0.25, -0.2) is 4.57 Å². The standard InChI is InChI=1S/C47H88NO8P/c1-6-8-10-12-14-16-18-20-22-23-24-26-27-29-31-33-35-37-39-46(49)53-43-45(44-55-57(51,52)54-42-41-48(3,4)5)56-47(50)40-38-36-34-32-30-28-25-21-19-17-15-13-11-9-7-2/h9,11,15,17,21,25,45H,6-8,10,12-14,16,18-20,22-24,26-44H2,1-5H3/p+1/b11-9+,17-15+,25-21+/t45-/m1/s1. The third kappa shape index (κ3) is 43.6. The number of ether oxygens (including phenoxy) is 2. The number of unbranched alkanes of at least 4 members (excludes halogenated alkanes) is 22. The molecule has 0 aliphatic rings. The number of esters is 2. The number of phosphoric ester groups is 1. The molecule has 0 radical (unpaired) electrons. The van der Waals surface area contributed by atoms with E-state index in [1.54, 1.807) is 0 Å². The summed E-state index contributed by atoms with van der Waals surface area (Å²) in [5.74, 6) is -0.812. The van der Waals surface area contributed by atoms with Crippen molar-refractivity contribution in [3.05, 3.63) is 36.5 Å². The number of rotatable bonds is 42. The highest BCUT2D eigenvalue weighted by molar-refractivity contribution is 7.47. The Morgan fingerprint density at radius 2 is 1.00 bits per heavy atom. The number of carbonyl (C=O) groups is 2. The molecular formula is C47H89NO8P+. The lowest BCUT2D eigenvalue weighted by Crippen LogP contribution is -2.37. The number of nitrogens with zero attached hydrogens (tertiary/aromatic N) is 1. The van der Waals surface area contributed by atoms with Crippen LogP contribution in [0.5, 0.6) is 0 Å². The van der Waals surface area contributed by atoms with Crippen LogP contribution in [0.1, 0.15) is 200 Å². The molecule has 1 N–H and O–H groups in total. The van der Waals surface area contributed by atoms with Crippen molar-refractivity contribution < 1.29 is 42.1 Å². The first-order chi connectivity index (χ1) is 27.5. The van der Waals surface area contributed by atoms with E-state index in [0.717, 1.165) is 70.6 Å². The molecule has 57 heavy (non-hydrogen) atoms. The van der Waals surface area contributed by atoms with E-state index in [0.29, 0.717) is 17.4 Å². The van der Waals surface area contributed by atoms with Gasteiger partial charge in [-0.15, -0.1) is 0 Å². The predicted molar refractivity (Wildman–Crippen MR) is 238 cm³/mol. The summed E-state index contributed by atoms with van der Waals surface area (Å²) in [6, 6.07) is 0. The van der Waals surface area contributed by atoms with Crippen LogP contribution in [0.4, 0.5) is 0 Å². The monoisotopic (exact) mass is 827 g/mol. The highest BCUT2D eigenvalue weighted by atomic mass is 31.2. The first kappa shape index (κ1) is 55.2. The molecule has 10 heteroatoms. The second kappa shape index (κ2) is 39.7. The zero-order chi connectivity index (χ0) is 42.1. The van der Waals surface area contributed by atoms with Crippen LogP contribution in [0.2, 0.25) is 0 Å². The van der Waals surface area contributed by atoms with Crippen molar-refractivity contribution >= 4 is 19.8 Å². The van der Waals surface area contributed by atoms with Crippen LogP contribution in [0.3, 0.4) is 0 Å². The maximum atomic E-state index is 12.7. The Labute approximate surface area is 351 Å². The Kier molecular flexibility index (Phi) is 38.4. The summed E-state index contributed by atoms with van der Waals surface area (Å²) in [6.07, 6.45) is 44.8. The first-order valence-corrected chi connectivity index (χ1v) is 24.7. The number of hydrogen-bond acceptors (Lipinski definition) is 7. The fraction of sp³-hybridized carbons (Fsp3) is 0.830. The lowest BCUT2D eigenvalue weighted by atomic mass is 10.0. The second-order valence-electron chi connectivity index (χ2n) is 16.8. The highest BCUT2D eigenvalue weighted by Gasteiger charge is 2.27. The summed E-state index contributed by atoms with van der Waals surface area (Å²) >= 11 is 0. The fourth-order valence-corrected chi connectivity index (χ4v) is 7.06. The number of quaternary nitrogens is 1. The summed E-state index contributed by atoms with van der Waals surface area (Å²) in [5.41, 5.74) is 0. The molecule has 2 atom stereocenters. The van der Waals surface area contributed by atoms with E-state index in [1.165, 1.54) is 96.3 Å². The third-order valence-electron chi connectivity index (χ3n) is 9.93. The third-order valence-corrected chi connectivity index (χ3v) is 10.9. The number of allylic oxidation sites excluding steroid dienone is 6. The maximum absolute atomic E-state index is 12.7. The molecule has 9 nitrogen and oxygen atoms in total.